The van der Waals surface area contributed by atoms with E-state index in [1.54, 1.807) is 4.68 Å². The van der Waals surface area contributed by atoms with Gasteiger partial charge in [-0.05, 0) is 12.6 Å². The van der Waals surface area contributed by atoms with E-state index in [1.165, 1.54) is 0 Å². The topological polar surface area (TPSA) is 79.7 Å². The van der Waals surface area contributed by atoms with Crippen molar-refractivity contribution in [2.45, 2.75) is 19.0 Å². The highest BCUT2D eigenvalue weighted by Crippen LogP contribution is 2.24. The Bertz CT molecular complexity index is 593. The van der Waals surface area contributed by atoms with Gasteiger partial charge in [0.2, 0.25) is 0 Å². The fraction of sp³-hybridized carbons (Fsp3) is 0.333. The van der Waals surface area contributed by atoms with Crippen LogP contribution in [0.3, 0.4) is 0 Å². The Morgan fingerprint density at radius 2 is 2.14 bits per heavy atom. The lowest BCUT2D eigenvalue weighted by atomic mass is 10.0. The van der Waals surface area contributed by atoms with Crippen molar-refractivity contribution < 1.29 is 5.21 Å². The molecule has 0 spiro atoms. The van der Waals surface area contributed by atoms with Crippen LogP contribution >= 0.6 is 0 Å². The van der Waals surface area contributed by atoms with Crippen molar-refractivity contribution in [2.75, 3.05) is 7.05 Å². The molecule has 6 heteroatoms. The average molecular weight is 287 g/mol. The number of amidine groups is 1. The molecule has 3 N–H and O–H groups in total. The summed E-state index contributed by atoms with van der Waals surface area (Å²) in [5.41, 5.74) is 7.96. The van der Waals surface area contributed by atoms with Gasteiger partial charge in [0.15, 0.2) is 0 Å². The number of nitrogens with two attached hydrogens (primary N) is 1. The fourth-order valence-electron chi connectivity index (χ4n) is 2.39. The summed E-state index contributed by atoms with van der Waals surface area (Å²) in [4.78, 5) is 2.17. The second kappa shape index (κ2) is 6.90. The van der Waals surface area contributed by atoms with Gasteiger partial charge in [-0.2, -0.15) is 5.10 Å². The summed E-state index contributed by atoms with van der Waals surface area (Å²) in [5, 5.41) is 16.1. The Morgan fingerprint density at radius 3 is 2.71 bits per heavy atom. The van der Waals surface area contributed by atoms with Crippen molar-refractivity contribution in [3.8, 4) is 0 Å². The second-order valence-electron chi connectivity index (χ2n) is 5.16. The maximum absolute atomic E-state index is 8.84. The molecule has 0 radical (unpaired) electrons. The third-order valence-electron chi connectivity index (χ3n) is 3.44. The molecule has 0 fully saturated rings. The zero-order valence-corrected chi connectivity index (χ0v) is 12.3. The van der Waals surface area contributed by atoms with Gasteiger partial charge in [0.25, 0.3) is 0 Å². The zero-order valence-electron chi connectivity index (χ0n) is 12.3. The standard InChI is InChI=1S/C15H21N5O/c1-19(10-12-9-17-20(2)11-12)14(8-15(16)18-21)13-6-4-3-5-7-13/h3-7,9,11,14,21H,8,10H2,1-2H3,(H2,16,18). The van der Waals surface area contributed by atoms with Gasteiger partial charge >= 0.3 is 0 Å². The molecule has 2 rings (SSSR count). The minimum Gasteiger partial charge on any atom is -0.409 e. The van der Waals surface area contributed by atoms with E-state index >= 15 is 0 Å². The highest BCUT2D eigenvalue weighted by molar-refractivity contribution is 5.80. The highest BCUT2D eigenvalue weighted by Gasteiger charge is 2.19. The fourth-order valence-corrected chi connectivity index (χ4v) is 2.39. The normalized spacial score (nSPS) is 13.6. The van der Waals surface area contributed by atoms with Crippen LogP contribution in [0.15, 0.2) is 47.9 Å². The third kappa shape index (κ3) is 4.06. The van der Waals surface area contributed by atoms with E-state index in [4.69, 9.17) is 10.9 Å². The van der Waals surface area contributed by atoms with E-state index in [0.717, 1.165) is 17.7 Å². The molecule has 0 aliphatic heterocycles. The van der Waals surface area contributed by atoms with Crippen molar-refractivity contribution in [3.63, 3.8) is 0 Å². The minimum absolute atomic E-state index is 0.0438. The van der Waals surface area contributed by atoms with Gasteiger partial charge in [-0.25, -0.2) is 0 Å². The number of aryl methyl sites for hydroxylation is 1. The summed E-state index contributed by atoms with van der Waals surface area (Å²) >= 11 is 0. The van der Waals surface area contributed by atoms with Gasteiger partial charge in [0, 0.05) is 37.8 Å². The molecule has 0 aliphatic carbocycles. The lowest BCUT2D eigenvalue weighted by molar-refractivity contribution is 0.238. The van der Waals surface area contributed by atoms with Gasteiger partial charge in [0.1, 0.15) is 5.84 Å². The highest BCUT2D eigenvalue weighted by atomic mass is 16.4. The zero-order chi connectivity index (χ0) is 15.2. The minimum atomic E-state index is 0.0438. The lowest BCUT2D eigenvalue weighted by Crippen LogP contribution is -2.28. The molecule has 0 amide bonds. The number of aromatic nitrogens is 2. The molecule has 1 atom stereocenters. The predicted molar refractivity (Wildman–Crippen MR) is 81.9 cm³/mol. The summed E-state index contributed by atoms with van der Waals surface area (Å²) in [6, 6.07) is 10.1. The molecule has 1 aromatic carbocycles. The Kier molecular flexibility index (Phi) is 4.94. The van der Waals surface area contributed by atoms with Gasteiger partial charge < -0.3 is 10.9 Å². The van der Waals surface area contributed by atoms with Gasteiger partial charge in [-0.15, -0.1) is 0 Å². The van der Waals surface area contributed by atoms with E-state index in [-0.39, 0.29) is 11.9 Å². The molecule has 1 heterocycles. The first kappa shape index (κ1) is 15.1. The van der Waals surface area contributed by atoms with Crippen molar-refractivity contribution in [3.05, 3.63) is 53.9 Å². The van der Waals surface area contributed by atoms with E-state index in [0.29, 0.717) is 6.42 Å². The molecule has 21 heavy (non-hydrogen) atoms. The van der Waals surface area contributed by atoms with Crippen molar-refractivity contribution in [1.82, 2.24) is 14.7 Å². The molecule has 1 aromatic heterocycles. The number of nitrogens with zero attached hydrogens (tertiary/aromatic N) is 4. The van der Waals surface area contributed by atoms with E-state index < -0.39 is 0 Å². The van der Waals surface area contributed by atoms with Crippen molar-refractivity contribution in [2.24, 2.45) is 17.9 Å². The van der Waals surface area contributed by atoms with Crippen LogP contribution in [-0.4, -0.2) is 32.8 Å². The van der Waals surface area contributed by atoms with Gasteiger partial charge in [-0.3, -0.25) is 9.58 Å². The van der Waals surface area contributed by atoms with Crippen molar-refractivity contribution >= 4 is 5.84 Å². The van der Waals surface area contributed by atoms with Crippen LogP contribution in [0, 0.1) is 0 Å². The lowest BCUT2D eigenvalue weighted by Gasteiger charge is -2.27. The van der Waals surface area contributed by atoms with Crippen LogP contribution in [-0.2, 0) is 13.6 Å². The summed E-state index contributed by atoms with van der Waals surface area (Å²) in [6.45, 7) is 0.742. The van der Waals surface area contributed by atoms with Gasteiger partial charge in [0.05, 0.1) is 6.20 Å². The first-order valence-electron chi connectivity index (χ1n) is 6.79. The molecule has 0 saturated heterocycles. The Labute approximate surface area is 124 Å². The summed E-state index contributed by atoms with van der Waals surface area (Å²) in [7, 11) is 3.92. The number of hydrogen-bond donors (Lipinski definition) is 2. The van der Waals surface area contributed by atoms with Crippen LogP contribution < -0.4 is 5.73 Å². The maximum Gasteiger partial charge on any atom is 0.141 e. The third-order valence-corrected chi connectivity index (χ3v) is 3.44. The first-order chi connectivity index (χ1) is 10.1. The van der Waals surface area contributed by atoms with E-state index in [9.17, 15) is 0 Å². The Balaban J connectivity index is 2.18. The molecule has 0 aliphatic rings. The Hall–Kier alpha value is -2.34. The van der Waals surface area contributed by atoms with Crippen LogP contribution in [0.2, 0.25) is 0 Å². The van der Waals surface area contributed by atoms with Gasteiger partial charge in [-0.1, -0.05) is 35.5 Å². The van der Waals surface area contributed by atoms with Crippen molar-refractivity contribution in [1.29, 1.82) is 0 Å². The Morgan fingerprint density at radius 1 is 1.43 bits per heavy atom. The molecule has 0 saturated carbocycles. The number of rotatable bonds is 6. The predicted octanol–water partition coefficient (Wildman–Crippen LogP) is 1.73. The summed E-state index contributed by atoms with van der Waals surface area (Å²) in [5.74, 6) is 0.224. The molecule has 0 bridgehead atoms. The summed E-state index contributed by atoms with van der Waals surface area (Å²) in [6.07, 6.45) is 4.31. The smallest absolute Gasteiger partial charge is 0.141 e. The summed E-state index contributed by atoms with van der Waals surface area (Å²) < 4.78 is 1.78. The average Bonchev–Trinajstić information content (AvgIpc) is 2.90. The molecular formula is C15H21N5O. The molecule has 1 unspecified atom stereocenters. The second-order valence-corrected chi connectivity index (χ2v) is 5.16. The van der Waals surface area contributed by atoms with E-state index in [2.05, 4.69) is 27.3 Å². The van der Waals surface area contributed by atoms with Crippen LogP contribution in [0.5, 0.6) is 0 Å². The largest absolute Gasteiger partial charge is 0.409 e. The number of benzene rings is 1. The molecule has 2 aromatic rings. The quantitative estimate of drug-likeness (QED) is 0.367. The van der Waals surface area contributed by atoms with Crippen LogP contribution in [0.25, 0.3) is 0 Å². The van der Waals surface area contributed by atoms with Crippen LogP contribution in [0.1, 0.15) is 23.6 Å². The monoisotopic (exact) mass is 287 g/mol. The molecular weight excluding hydrogens is 266 g/mol. The molecule has 6 nitrogen and oxygen atoms in total. The van der Waals surface area contributed by atoms with Crippen LogP contribution in [0.4, 0.5) is 0 Å². The molecule has 112 valence electrons. The first-order valence-corrected chi connectivity index (χ1v) is 6.79. The van der Waals surface area contributed by atoms with E-state index in [1.807, 2.05) is 44.7 Å². The maximum atomic E-state index is 8.84. The number of oxime groups is 1. The number of hydrogen-bond acceptors (Lipinski definition) is 4. The SMILES string of the molecule is CN(Cc1cnn(C)c1)C(CC(N)=NO)c1ccccc1.